The molecule has 30 heavy (non-hydrogen) atoms. The SMILES string of the molecule is O=C(CSc1nnnn1C1CC1)N1CCN(Cc2ccccc2)C2(CCCCC2)C1. The maximum Gasteiger partial charge on any atom is 0.233 e. The van der Waals surface area contributed by atoms with Gasteiger partial charge in [-0.05, 0) is 41.7 Å². The highest BCUT2D eigenvalue weighted by atomic mass is 32.2. The third-order valence-electron chi connectivity index (χ3n) is 6.83. The molecule has 1 spiro atoms. The van der Waals surface area contributed by atoms with E-state index < -0.39 is 0 Å². The van der Waals surface area contributed by atoms with Crippen molar-refractivity contribution in [2.24, 2.45) is 0 Å². The summed E-state index contributed by atoms with van der Waals surface area (Å²) in [5.74, 6) is 0.636. The molecule has 8 heteroatoms. The summed E-state index contributed by atoms with van der Waals surface area (Å²) in [7, 11) is 0. The third kappa shape index (κ3) is 4.25. The molecule has 1 saturated heterocycles. The molecule has 1 amide bonds. The van der Waals surface area contributed by atoms with Crippen LogP contribution in [-0.4, -0.2) is 66.8 Å². The molecule has 7 nitrogen and oxygen atoms in total. The van der Waals surface area contributed by atoms with Crippen molar-refractivity contribution in [2.45, 2.75) is 68.2 Å². The van der Waals surface area contributed by atoms with Crippen molar-refractivity contribution < 1.29 is 4.79 Å². The van der Waals surface area contributed by atoms with E-state index in [2.05, 4.69) is 55.7 Å². The molecule has 3 aliphatic rings. The number of hydrogen-bond acceptors (Lipinski definition) is 6. The van der Waals surface area contributed by atoms with Crippen molar-refractivity contribution >= 4 is 17.7 Å². The molecular formula is C22H30N6OS. The molecule has 1 aromatic heterocycles. The van der Waals surface area contributed by atoms with Crippen LogP contribution in [-0.2, 0) is 11.3 Å². The average molecular weight is 427 g/mol. The second-order valence-corrected chi connectivity index (χ2v) is 9.88. The van der Waals surface area contributed by atoms with E-state index in [0.29, 0.717) is 11.8 Å². The quantitative estimate of drug-likeness (QED) is 0.661. The van der Waals surface area contributed by atoms with Gasteiger partial charge in [0.25, 0.3) is 0 Å². The van der Waals surface area contributed by atoms with Gasteiger partial charge >= 0.3 is 0 Å². The first-order valence-electron chi connectivity index (χ1n) is 11.2. The number of hydrogen-bond donors (Lipinski definition) is 0. The third-order valence-corrected chi connectivity index (χ3v) is 7.75. The van der Waals surface area contributed by atoms with Crippen LogP contribution in [0.15, 0.2) is 35.5 Å². The molecule has 2 heterocycles. The van der Waals surface area contributed by atoms with Crippen LogP contribution in [0.2, 0.25) is 0 Å². The normalized spacial score (nSPS) is 21.8. The van der Waals surface area contributed by atoms with E-state index in [1.165, 1.54) is 49.4 Å². The smallest absolute Gasteiger partial charge is 0.233 e. The Balaban J connectivity index is 1.24. The molecule has 0 atom stereocenters. The van der Waals surface area contributed by atoms with Gasteiger partial charge in [0.05, 0.1) is 11.8 Å². The predicted molar refractivity (Wildman–Crippen MR) is 116 cm³/mol. The molecule has 0 bridgehead atoms. The van der Waals surface area contributed by atoms with Gasteiger partial charge in [-0.15, -0.1) is 5.10 Å². The van der Waals surface area contributed by atoms with E-state index in [-0.39, 0.29) is 11.4 Å². The highest BCUT2D eigenvalue weighted by Crippen LogP contribution is 2.38. The lowest BCUT2D eigenvalue weighted by atomic mass is 9.78. The number of carbonyl (C=O) groups is 1. The summed E-state index contributed by atoms with van der Waals surface area (Å²) in [4.78, 5) is 17.9. The fourth-order valence-corrected chi connectivity index (χ4v) is 5.85. The first kappa shape index (κ1) is 20.0. The molecular weight excluding hydrogens is 396 g/mol. The Morgan fingerprint density at radius 2 is 1.90 bits per heavy atom. The molecule has 0 N–H and O–H groups in total. The number of rotatable bonds is 6. The minimum atomic E-state index is 0.127. The molecule has 160 valence electrons. The minimum Gasteiger partial charge on any atom is -0.339 e. The zero-order valence-electron chi connectivity index (χ0n) is 17.4. The van der Waals surface area contributed by atoms with E-state index in [0.717, 1.165) is 44.2 Å². The number of amides is 1. The number of benzene rings is 1. The second kappa shape index (κ2) is 8.67. The first-order chi connectivity index (χ1) is 14.7. The molecule has 2 aliphatic carbocycles. The van der Waals surface area contributed by atoms with E-state index in [1.54, 1.807) is 0 Å². The fourth-order valence-electron chi connectivity index (χ4n) is 5.01. The van der Waals surface area contributed by atoms with Gasteiger partial charge in [0.15, 0.2) is 0 Å². The Morgan fingerprint density at radius 1 is 1.10 bits per heavy atom. The van der Waals surface area contributed by atoms with Gasteiger partial charge < -0.3 is 4.90 Å². The summed E-state index contributed by atoms with van der Waals surface area (Å²) in [5.41, 5.74) is 1.49. The Labute approximate surface area is 182 Å². The largest absolute Gasteiger partial charge is 0.339 e. The molecule has 5 rings (SSSR count). The van der Waals surface area contributed by atoms with Gasteiger partial charge in [0, 0.05) is 31.7 Å². The Kier molecular flexibility index (Phi) is 5.78. The summed E-state index contributed by atoms with van der Waals surface area (Å²) in [6, 6.07) is 11.2. The van der Waals surface area contributed by atoms with Gasteiger partial charge in [-0.25, -0.2) is 4.68 Å². The number of piperazine rings is 1. The van der Waals surface area contributed by atoms with E-state index in [9.17, 15) is 4.79 Å². The Hall–Kier alpha value is -1.93. The lowest BCUT2D eigenvalue weighted by Gasteiger charge is -2.53. The number of aromatic nitrogens is 4. The Morgan fingerprint density at radius 3 is 2.67 bits per heavy atom. The number of tetrazole rings is 1. The second-order valence-electron chi connectivity index (χ2n) is 8.93. The molecule has 1 aliphatic heterocycles. The summed E-state index contributed by atoms with van der Waals surface area (Å²) >= 11 is 1.48. The van der Waals surface area contributed by atoms with Crippen LogP contribution in [0.25, 0.3) is 0 Å². The first-order valence-corrected chi connectivity index (χ1v) is 12.2. The average Bonchev–Trinajstić information content (AvgIpc) is 3.52. The number of nitrogens with zero attached hydrogens (tertiary/aromatic N) is 6. The number of carbonyl (C=O) groups excluding carboxylic acids is 1. The van der Waals surface area contributed by atoms with Gasteiger partial charge in [-0.3, -0.25) is 9.69 Å². The van der Waals surface area contributed by atoms with E-state index in [4.69, 9.17) is 0 Å². The van der Waals surface area contributed by atoms with Crippen molar-refractivity contribution in [3.8, 4) is 0 Å². The van der Waals surface area contributed by atoms with Gasteiger partial charge in [0.1, 0.15) is 0 Å². The van der Waals surface area contributed by atoms with Gasteiger partial charge in [0.2, 0.25) is 11.1 Å². The summed E-state index contributed by atoms with van der Waals surface area (Å²) in [6.07, 6.45) is 8.50. The van der Waals surface area contributed by atoms with Crippen LogP contribution in [0.5, 0.6) is 0 Å². The maximum absolute atomic E-state index is 13.1. The number of thioether (sulfide) groups is 1. The lowest BCUT2D eigenvalue weighted by molar-refractivity contribution is -0.135. The topological polar surface area (TPSA) is 67.2 Å². The fraction of sp³-hybridized carbons (Fsp3) is 0.636. The van der Waals surface area contributed by atoms with Crippen molar-refractivity contribution in [3.63, 3.8) is 0 Å². The zero-order valence-corrected chi connectivity index (χ0v) is 18.3. The van der Waals surface area contributed by atoms with Crippen LogP contribution < -0.4 is 0 Å². The lowest BCUT2D eigenvalue weighted by Crippen LogP contribution is -2.63. The van der Waals surface area contributed by atoms with Crippen molar-refractivity contribution in [1.82, 2.24) is 30.0 Å². The molecule has 0 unspecified atom stereocenters. The van der Waals surface area contributed by atoms with Crippen LogP contribution in [0.3, 0.4) is 0 Å². The van der Waals surface area contributed by atoms with Crippen LogP contribution in [0.1, 0.15) is 56.6 Å². The van der Waals surface area contributed by atoms with Crippen molar-refractivity contribution in [3.05, 3.63) is 35.9 Å². The van der Waals surface area contributed by atoms with Crippen LogP contribution in [0, 0.1) is 0 Å². The van der Waals surface area contributed by atoms with Crippen LogP contribution in [0.4, 0.5) is 0 Å². The summed E-state index contributed by atoms with van der Waals surface area (Å²) in [6.45, 7) is 3.59. The minimum absolute atomic E-state index is 0.127. The summed E-state index contributed by atoms with van der Waals surface area (Å²) in [5, 5.41) is 12.8. The molecule has 2 saturated carbocycles. The molecule has 3 fully saturated rings. The standard InChI is InChI=1S/C22H30N6OS/c29-20(16-30-21-23-24-25-28(21)19-9-10-19)26-13-14-27(15-18-7-3-1-4-8-18)22(17-26)11-5-2-6-12-22/h1,3-4,7-8,19H,2,5-6,9-17H2. The maximum atomic E-state index is 13.1. The molecule has 0 radical (unpaired) electrons. The summed E-state index contributed by atoms with van der Waals surface area (Å²) < 4.78 is 1.89. The highest BCUT2D eigenvalue weighted by Gasteiger charge is 2.43. The van der Waals surface area contributed by atoms with Gasteiger partial charge in [-0.2, -0.15) is 0 Å². The van der Waals surface area contributed by atoms with E-state index >= 15 is 0 Å². The van der Waals surface area contributed by atoms with Crippen molar-refractivity contribution in [1.29, 1.82) is 0 Å². The monoisotopic (exact) mass is 426 g/mol. The van der Waals surface area contributed by atoms with Gasteiger partial charge in [-0.1, -0.05) is 61.4 Å². The van der Waals surface area contributed by atoms with Crippen LogP contribution >= 0.6 is 11.8 Å². The highest BCUT2D eigenvalue weighted by molar-refractivity contribution is 7.99. The zero-order chi connectivity index (χ0) is 20.4. The van der Waals surface area contributed by atoms with E-state index in [1.807, 2.05) is 4.68 Å². The Bertz CT molecular complexity index is 862. The predicted octanol–water partition coefficient (Wildman–Crippen LogP) is 3.15. The molecule has 1 aromatic carbocycles. The van der Waals surface area contributed by atoms with Crippen molar-refractivity contribution in [2.75, 3.05) is 25.4 Å². The molecule has 2 aromatic rings.